The van der Waals surface area contributed by atoms with Gasteiger partial charge >= 0.3 is 0 Å². The first kappa shape index (κ1) is 8.21. The third kappa shape index (κ3) is 1.77. The average Bonchev–Trinajstić information content (AvgIpc) is 2.29. The number of aliphatic hydroxyl groups excluding tert-OH is 1. The summed E-state index contributed by atoms with van der Waals surface area (Å²) in [5.74, 6) is -0.193. The van der Waals surface area contributed by atoms with Gasteiger partial charge in [0.2, 0.25) is 0 Å². The summed E-state index contributed by atoms with van der Waals surface area (Å²) < 4.78 is 0. The van der Waals surface area contributed by atoms with Crippen molar-refractivity contribution in [3.8, 4) is 0 Å². The molecule has 1 rings (SSSR count). The molecule has 2 unspecified atom stereocenters. The van der Waals surface area contributed by atoms with Gasteiger partial charge in [0.15, 0.2) is 5.78 Å². The van der Waals surface area contributed by atoms with E-state index in [9.17, 15) is 9.90 Å². The molecule has 1 aliphatic rings. The molecule has 2 nitrogen and oxygen atoms in total. The highest BCUT2D eigenvalue weighted by atomic mass is 16.3. The first-order chi connectivity index (χ1) is 5.25. The van der Waals surface area contributed by atoms with Crippen LogP contribution in [0.1, 0.15) is 13.3 Å². The van der Waals surface area contributed by atoms with Gasteiger partial charge in [0.1, 0.15) is 0 Å². The lowest BCUT2D eigenvalue weighted by molar-refractivity contribution is -0.119. The molecule has 0 radical (unpaired) electrons. The summed E-state index contributed by atoms with van der Waals surface area (Å²) in [6.45, 7) is 1.90. The Labute approximate surface area is 66.2 Å². The van der Waals surface area contributed by atoms with E-state index in [4.69, 9.17) is 0 Å². The molecular formula is C9H12O2. The van der Waals surface area contributed by atoms with Crippen LogP contribution in [-0.4, -0.2) is 17.0 Å². The van der Waals surface area contributed by atoms with Crippen molar-refractivity contribution in [2.45, 2.75) is 19.4 Å². The molecule has 0 saturated heterocycles. The van der Waals surface area contributed by atoms with Gasteiger partial charge in [-0.05, 0) is 19.4 Å². The van der Waals surface area contributed by atoms with E-state index in [0.717, 1.165) is 0 Å². The Hall–Kier alpha value is -0.890. The van der Waals surface area contributed by atoms with Crippen molar-refractivity contribution in [3.05, 3.63) is 24.3 Å². The van der Waals surface area contributed by atoms with Crippen LogP contribution in [0.25, 0.3) is 0 Å². The summed E-state index contributed by atoms with van der Waals surface area (Å²) >= 11 is 0. The molecule has 1 N–H and O–H groups in total. The Bertz CT molecular complexity index is 204. The van der Waals surface area contributed by atoms with E-state index in [1.165, 1.54) is 6.08 Å². The van der Waals surface area contributed by atoms with Gasteiger partial charge in [0, 0.05) is 0 Å². The van der Waals surface area contributed by atoms with Crippen LogP contribution in [0.2, 0.25) is 0 Å². The van der Waals surface area contributed by atoms with E-state index < -0.39 is 6.10 Å². The molecule has 0 saturated carbocycles. The smallest absolute Gasteiger partial charge is 0.161 e. The zero-order valence-corrected chi connectivity index (χ0v) is 6.53. The molecule has 11 heavy (non-hydrogen) atoms. The molecule has 0 bridgehead atoms. The van der Waals surface area contributed by atoms with E-state index in [-0.39, 0.29) is 11.7 Å². The minimum Gasteiger partial charge on any atom is -0.388 e. The SMILES string of the molecule is CC=CCC1C(=O)C=CC1O. The van der Waals surface area contributed by atoms with E-state index in [2.05, 4.69) is 0 Å². The highest BCUT2D eigenvalue weighted by molar-refractivity contribution is 5.95. The van der Waals surface area contributed by atoms with Gasteiger partial charge in [-0.15, -0.1) is 0 Å². The van der Waals surface area contributed by atoms with E-state index in [1.807, 2.05) is 19.1 Å². The Balaban J connectivity index is 2.52. The Morgan fingerprint density at radius 2 is 2.45 bits per heavy atom. The molecule has 0 spiro atoms. The van der Waals surface area contributed by atoms with Crippen molar-refractivity contribution in [3.63, 3.8) is 0 Å². The maximum atomic E-state index is 11.0. The fourth-order valence-electron chi connectivity index (χ4n) is 1.16. The second-order valence-corrected chi connectivity index (χ2v) is 2.66. The highest BCUT2D eigenvalue weighted by Crippen LogP contribution is 2.19. The molecule has 2 atom stereocenters. The van der Waals surface area contributed by atoms with Crippen molar-refractivity contribution >= 4 is 5.78 Å². The summed E-state index contributed by atoms with van der Waals surface area (Å²) in [6, 6.07) is 0. The molecular weight excluding hydrogens is 140 g/mol. The number of rotatable bonds is 2. The lowest BCUT2D eigenvalue weighted by Crippen LogP contribution is -2.18. The molecule has 0 aliphatic heterocycles. The van der Waals surface area contributed by atoms with Gasteiger partial charge in [-0.2, -0.15) is 0 Å². The van der Waals surface area contributed by atoms with Crippen LogP contribution in [0.15, 0.2) is 24.3 Å². The van der Waals surface area contributed by atoms with Gasteiger partial charge < -0.3 is 5.11 Å². The Morgan fingerprint density at radius 1 is 1.73 bits per heavy atom. The predicted octanol–water partition coefficient (Wildman–Crippen LogP) is 1.07. The number of aliphatic hydroxyl groups is 1. The second kappa shape index (κ2) is 3.49. The summed E-state index contributed by atoms with van der Waals surface area (Å²) in [5, 5.41) is 9.24. The molecule has 0 aromatic rings. The van der Waals surface area contributed by atoms with Crippen molar-refractivity contribution in [1.29, 1.82) is 0 Å². The average molecular weight is 152 g/mol. The first-order valence-electron chi connectivity index (χ1n) is 3.77. The van der Waals surface area contributed by atoms with Crippen LogP contribution < -0.4 is 0 Å². The van der Waals surface area contributed by atoms with Crippen molar-refractivity contribution < 1.29 is 9.90 Å². The maximum Gasteiger partial charge on any atom is 0.161 e. The van der Waals surface area contributed by atoms with Crippen LogP contribution in [0.3, 0.4) is 0 Å². The lowest BCUT2D eigenvalue weighted by atomic mass is 10.00. The monoisotopic (exact) mass is 152 g/mol. The maximum absolute atomic E-state index is 11.0. The fraction of sp³-hybridized carbons (Fsp3) is 0.444. The van der Waals surface area contributed by atoms with E-state index >= 15 is 0 Å². The Kier molecular flexibility index (Phi) is 2.60. The number of hydrogen-bond donors (Lipinski definition) is 1. The number of allylic oxidation sites excluding steroid dienone is 3. The zero-order valence-electron chi connectivity index (χ0n) is 6.53. The number of hydrogen-bond acceptors (Lipinski definition) is 2. The largest absolute Gasteiger partial charge is 0.388 e. The summed E-state index contributed by atoms with van der Waals surface area (Å²) in [7, 11) is 0. The predicted molar refractivity (Wildman–Crippen MR) is 43.1 cm³/mol. The summed E-state index contributed by atoms with van der Waals surface area (Å²) in [6.07, 6.45) is 6.87. The minimum absolute atomic E-state index is 0.0376. The molecule has 1 aliphatic carbocycles. The van der Waals surface area contributed by atoms with Crippen molar-refractivity contribution in [1.82, 2.24) is 0 Å². The van der Waals surface area contributed by atoms with Crippen LogP contribution >= 0.6 is 0 Å². The Morgan fingerprint density at radius 3 is 2.91 bits per heavy atom. The van der Waals surface area contributed by atoms with Crippen molar-refractivity contribution in [2.24, 2.45) is 5.92 Å². The third-order valence-corrected chi connectivity index (χ3v) is 1.86. The molecule has 0 aromatic heterocycles. The first-order valence-corrected chi connectivity index (χ1v) is 3.77. The van der Waals surface area contributed by atoms with Gasteiger partial charge in [-0.1, -0.05) is 18.2 Å². The van der Waals surface area contributed by atoms with Crippen LogP contribution in [0, 0.1) is 5.92 Å². The number of ketones is 1. The van der Waals surface area contributed by atoms with Crippen LogP contribution in [-0.2, 0) is 4.79 Å². The molecule has 0 heterocycles. The molecule has 0 amide bonds. The topological polar surface area (TPSA) is 37.3 Å². The molecule has 2 heteroatoms. The van der Waals surface area contributed by atoms with Gasteiger partial charge in [0.25, 0.3) is 0 Å². The van der Waals surface area contributed by atoms with E-state index in [0.29, 0.717) is 6.42 Å². The summed E-state index contributed by atoms with van der Waals surface area (Å²) in [5.41, 5.74) is 0. The molecule has 0 aromatic carbocycles. The molecule has 60 valence electrons. The lowest BCUT2D eigenvalue weighted by Gasteiger charge is -2.08. The summed E-state index contributed by atoms with van der Waals surface area (Å²) in [4.78, 5) is 11.0. The van der Waals surface area contributed by atoms with Crippen LogP contribution in [0.5, 0.6) is 0 Å². The van der Waals surface area contributed by atoms with Gasteiger partial charge in [-0.3, -0.25) is 4.79 Å². The molecule has 0 fully saturated rings. The van der Waals surface area contributed by atoms with Crippen LogP contribution in [0.4, 0.5) is 0 Å². The van der Waals surface area contributed by atoms with Crippen molar-refractivity contribution in [2.75, 3.05) is 0 Å². The van der Waals surface area contributed by atoms with E-state index in [1.54, 1.807) is 6.08 Å². The quantitative estimate of drug-likeness (QED) is 0.601. The zero-order chi connectivity index (χ0) is 8.27. The fourth-order valence-corrected chi connectivity index (χ4v) is 1.16. The normalized spacial score (nSPS) is 30.5. The minimum atomic E-state index is -0.571. The number of carbonyl (C=O) groups excluding carboxylic acids is 1. The van der Waals surface area contributed by atoms with Gasteiger partial charge in [-0.25, -0.2) is 0 Å². The van der Waals surface area contributed by atoms with Gasteiger partial charge in [0.05, 0.1) is 12.0 Å². The standard InChI is InChI=1S/C9H12O2/c1-2-3-4-7-8(10)5-6-9(7)11/h2-3,5-8,10H,4H2,1H3. The second-order valence-electron chi connectivity index (χ2n) is 2.66. The highest BCUT2D eigenvalue weighted by Gasteiger charge is 2.26. The number of carbonyl (C=O) groups is 1. The third-order valence-electron chi connectivity index (χ3n) is 1.86.